The molecular formula is C19H20F2N2O3. The zero-order chi connectivity index (χ0) is 19.1. The van der Waals surface area contributed by atoms with Crippen LogP contribution < -0.4 is 10.1 Å². The Kier molecular flexibility index (Phi) is 6.66. The van der Waals surface area contributed by atoms with Crippen LogP contribution in [0.25, 0.3) is 0 Å². The smallest absolute Gasteiger partial charge is 0.226 e. The van der Waals surface area contributed by atoms with Crippen molar-refractivity contribution in [2.75, 3.05) is 19.0 Å². The van der Waals surface area contributed by atoms with E-state index in [1.807, 2.05) is 18.2 Å². The fourth-order valence-electron chi connectivity index (χ4n) is 2.43. The Morgan fingerprint density at radius 1 is 1.15 bits per heavy atom. The van der Waals surface area contributed by atoms with Crippen molar-refractivity contribution >= 4 is 17.5 Å². The highest BCUT2D eigenvalue weighted by Gasteiger charge is 2.15. The minimum absolute atomic E-state index is 0.0223. The first-order valence-electron chi connectivity index (χ1n) is 8.03. The third-order valence-electron chi connectivity index (χ3n) is 3.81. The molecule has 2 amide bonds. The van der Waals surface area contributed by atoms with Gasteiger partial charge < -0.3 is 15.0 Å². The minimum Gasteiger partial charge on any atom is -0.496 e. The van der Waals surface area contributed by atoms with Crippen molar-refractivity contribution in [3.05, 3.63) is 59.7 Å². The number of benzene rings is 2. The standard InChI is InChI=1S/C19H20F2N2O3/c1-13(24)23(12-14-5-3-4-6-18(14)26-2)10-9-19(25)22-17-8-7-15(20)11-16(17)21/h3-8,11H,9-10,12H2,1-2H3,(H,22,25). The van der Waals surface area contributed by atoms with Gasteiger partial charge in [-0.1, -0.05) is 18.2 Å². The van der Waals surface area contributed by atoms with Crippen LogP contribution in [0.2, 0.25) is 0 Å². The molecule has 0 saturated carbocycles. The van der Waals surface area contributed by atoms with Crippen molar-refractivity contribution in [3.63, 3.8) is 0 Å². The van der Waals surface area contributed by atoms with E-state index in [4.69, 9.17) is 4.74 Å². The number of methoxy groups -OCH3 is 1. The summed E-state index contributed by atoms with van der Waals surface area (Å²) < 4.78 is 31.7. The van der Waals surface area contributed by atoms with E-state index in [0.29, 0.717) is 11.8 Å². The van der Waals surface area contributed by atoms with E-state index >= 15 is 0 Å². The zero-order valence-electron chi connectivity index (χ0n) is 14.6. The van der Waals surface area contributed by atoms with Crippen LogP contribution in [0.4, 0.5) is 14.5 Å². The van der Waals surface area contributed by atoms with Crippen LogP contribution in [0.5, 0.6) is 5.75 Å². The molecular weight excluding hydrogens is 342 g/mol. The van der Waals surface area contributed by atoms with Gasteiger partial charge in [-0.15, -0.1) is 0 Å². The first-order chi connectivity index (χ1) is 12.4. The zero-order valence-corrected chi connectivity index (χ0v) is 14.6. The second-order valence-electron chi connectivity index (χ2n) is 5.67. The summed E-state index contributed by atoms with van der Waals surface area (Å²) in [6, 6.07) is 10.2. The number of carbonyl (C=O) groups excluding carboxylic acids is 2. The number of amides is 2. The Balaban J connectivity index is 1.97. The van der Waals surface area contributed by atoms with E-state index in [2.05, 4.69) is 5.32 Å². The maximum Gasteiger partial charge on any atom is 0.226 e. The number of carbonyl (C=O) groups is 2. The van der Waals surface area contributed by atoms with Gasteiger partial charge in [0.1, 0.15) is 17.4 Å². The molecule has 0 bridgehead atoms. The molecule has 0 aliphatic carbocycles. The quantitative estimate of drug-likeness (QED) is 0.822. The van der Waals surface area contributed by atoms with Gasteiger partial charge in [0.15, 0.2) is 0 Å². The highest BCUT2D eigenvalue weighted by molar-refractivity contribution is 5.91. The van der Waals surface area contributed by atoms with Gasteiger partial charge in [-0.3, -0.25) is 9.59 Å². The highest BCUT2D eigenvalue weighted by Crippen LogP contribution is 2.20. The monoisotopic (exact) mass is 362 g/mol. The summed E-state index contributed by atoms with van der Waals surface area (Å²) in [6.07, 6.45) is -0.0223. The molecule has 7 heteroatoms. The first-order valence-corrected chi connectivity index (χ1v) is 8.03. The van der Waals surface area contributed by atoms with Crippen LogP contribution in [-0.2, 0) is 16.1 Å². The van der Waals surface area contributed by atoms with E-state index in [-0.39, 0.29) is 31.1 Å². The predicted octanol–water partition coefficient (Wildman–Crippen LogP) is 3.35. The van der Waals surface area contributed by atoms with Crippen LogP contribution in [0.15, 0.2) is 42.5 Å². The molecule has 0 saturated heterocycles. The lowest BCUT2D eigenvalue weighted by Gasteiger charge is -2.22. The molecule has 2 aromatic carbocycles. The van der Waals surface area contributed by atoms with Crippen LogP contribution in [-0.4, -0.2) is 30.4 Å². The number of halogens is 2. The van der Waals surface area contributed by atoms with Gasteiger partial charge in [0, 0.05) is 38.1 Å². The lowest BCUT2D eigenvalue weighted by Crippen LogP contribution is -2.31. The molecule has 0 aliphatic heterocycles. The van der Waals surface area contributed by atoms with Crippen LogP contribution >= 0.6 is 0 Å². The Morgan fingerprint density at radius 3 is 2.54 bits per heavy atom. The molecule has 0 aliphatic rings. The molecule has 0 atom stereocenters. The van der Waals surface area contributed by atoms with Crippen molar-refractivity contribution in [2.24, 2.45) is 0 Å². The molecule has 138 valence electrons. The van der Waals surface area contributed by atoms with E-state index in [1.165, 1.54) is 11.8 Å². The third kappa shape index (κ3) is 5.27. The largest absolute Gasteiger partial charge is 0.496 e. The fraction of sp³-hybridized carbons (Fsp3) is 0.263. The first kappa shape index (κ1) is 19.4. The maximum atomic E-state index is 13.6. The predicted molar refractivity (Wildman–Crippen MR) is 93.7 cm³/mol. The number of nitrogens with one attached hydrogen (secondary N) is 1. The van der Waals surface area contributed by atoms with Crippen molar-refractivity contribution in [2.45, 2.75) is 19.9 Å². The summed E-state index contributed by atoms with van der Waals surface area (Å²) in [5, 5.41) is 2.37. The SMILES string of the molecule is COc1ccccc1CN(CCC(=O)Nc1ccc(F)cc1F)C(C)=O. The fourth-order valence-corrected chi connectivity index (χ4v) is 2.43. The van der Waals surface area contributed by atoms with Gasteiger partial charge in [0.2, 0.25) is 11.8 Å². The molecule has 5 nitrogen and oxygen atoms in total. The van der Waals surface area contributed by atoms with Gasteiger partial charge in [-0.2, -0.15) is 0 Å². The van der Waals surface area contributed by atoms with Crippen LogP contribution in [0, 0.1) is 11.6 Å². The average molecular weight is 362 g/mol. The number of rotatable bonds is 7. The minimum atomic E-state index is -0.851. The lowest BCUT2D eigenvalue weighted by molar-refractivity contribution is -0.129. The Labute approximate surface area is 150 Å². The van der Waals surface area contributed by atoms with Gasteiger partial charge in [-0.25, -0.2) is 8.78 Å². The Hall–Kier alpha value is -2.96. The second kappa shape index (κ2) is 8.94. The summed E-state index contributed by atoms with van der Waals surface area (Å²) >= 11 is 0. The summed E-state index contributed by atoms with van der Waals surface area (Å²) in [7, 11) is 1.54. The summed E-state index contributed by atoms with van der Waals surface area (Å²) in [5.74, 6) is -1.59. The molecule has 0 unspecified atom stereocenters. The van der Waals surface area contributed by atoms with E-state index in [1.54, 1.807) is 13.2 Å². The molecule has 26 heavy (non-hydrogen) atoms. The molecule has 0 radical (unpaired) electrons. The third-order valence-corrected chi connectivity index (χ3v) is 3.81. The molecule has 0 spiro atoms. The number of nitrogens with zero attached hydrogens (tertiary/aromatic N) is 1. The van der Waals surface area contributed by atoms with E-state index < -0.39 is 17.5 Å². The number of hydrogen-bond acceptors (Lipinski definition) is 3. The second-order valence-corrected chi connectivity index (χ2v) is 5.67. The number of para-hydroxylation sites is 1. The number of hydrogen-bond donors (Lipinski definition) is 1. The molecule has 2 aromatic rings. The molecule has 0 heterocycles. The molecule has 1 N–H and O–H groups in total. The average Bonchev–Trinajstić information content (AvgIpc) is 2.61. The van der Waals surface area contributed by atoms with Crippen molar-refractivity contribution in [3.8, 4) is 5.75 Å². The van der Waals surface area contributed by atoms with Crippen molar-refractivity contribution in [1.82, 2.24) is 4.90 Å². The van der Waals surface area contributed by atoms with E-state index in [0.717, 1.165) is 17.7 Å². The van der Waals surface area contributed by atoms with Crippen LogP contribution in [0.1, 0.15) is 18.9 Å². The highest BCUT2D eigenvalue weighted by atomic mass is 19.1. The molecule has 0 fully saturated rings. The van der Waals surface area contributed by atoms with Crippen LogP contribution in [0.3, 0.4) is 0 Å². The van der Waals surface area contributed by atoms with E-state index in [9.17, 15) is 18.4 Å². The normalized spacial score (nSPS) is 10.3. The van der Waals surface area contributed by atoms with Crippen molar-refractivity contribution in [1.29, 1.82) is 0 Å². The lowest BCUT2D eigenvalue weighted by atomic mass is 10.2. The number of ether oxygens (including phenoxy) is 1. The summed E-state index contributed by atoms with van der Waals surface area (Å²) in [5.41, 5.74) is 0.714. The Bertz CT molecular complexity index is 796. The molecule has 2 rings (SSSR count). The maximum absolute atomic E-state index is 13.6. The Morgan fingerprint density at radius 2 is 1.88 bits per heavy atom. The summed E-state index contributed by atoms with van der Waals surface area (Å²) in [4.78, 5) is 25.4. The molecule has 0 aromatic heterocycles. The van der Waals surface area contributed by atoms with Gasteiger partial charge in [0.25, 0.3) is 0 Å². The summed E-state index contributed by atoms with van der Waals surface area (Å²) in [6.45, 7) is 1.85. The number of anilines is 1. The van der Waals surface area contributed by atoms with Gasteiger partial charge >= 0.3 is 0 Å². The van der Waals surface area contributed by atoms with Gasteiger partial charge in [-0.05, 0) is 18.2 Å². The van der Waals surface area contributed by atoms with Gasteiger partial charge in [0.05, 0.1) is 12.8 Å². The topological polar surface area (TPSA) is 58.6 Å². The van der Waals surface area contributed by atoms with Crippen molar-refractivity contribution < 1.29 is 23.1 Å².